The van der Waals surface area contributed by atoms with Crippen molar-refractivity contribution in [2.75, 3.05) is 25.0 Å². The Kier molecular flexibility index (Phi) is 4.29. The number of rotatable bonds is 2. The fraction of sp³-hybridized carbons (Fsp3) is 0.600. The van der Waals surface area contributed by atoms with Crippen LogP contribution >= 0.6 is 0 Å². The molecule has 2 aromatic heterocycles. The van der Waals surface area contributed by atoms with E-state index in [0.717, 1.165) is 10.1 Å². The number of aryl methyl sites for hydroxylation is 1. The smallest absolute Gasteiger partial charge is 0.359 e. The minimum Gasteiger partial charge on any atom is -0.359 e. The minimum atomic E-state index is -4.63. The molecule has 136 valence electrons. The van der Waals surface area contributed by atoms with Gasteiger partial charge in [0.25, 0.3) is 5.82 Å². The van der Waals surface area contributed by atoms with Crippen molar-refractivity contribution < 1.29 is 18.0 Å². The van der Waals surface area contributed by atoms with E-state index < -0.39 is 12.0 Å². The maximum Gasteiger partial charge on any atom is 0.453 e. The van der Waals surface area contributed by atoms with E-state index in [4.69, 9.17) is 0 Å². The Morgan fingerprint density at radius 1 is 1.16 bits per heavy atom. The summed E-state index contributed by atoms with van der Waals surface area (Å²) >= 11 is 0. The predicted octanol–water partition coefficient (Wildman–Crippen LogP) is 1.72. The van der Waals surface area contributed by atoms with Crippen LogP contribution in [0.1, 0.15) is 29.8 Å². The number of fused-ring (bicyclic) bond motifs is 1. The molecule has 25 heavy (non-hydrogen) atoms. The van der Waals surface area contributed by atoms with Gasteiger partial charge in [-0.2, -0.15) is 17.7 Å². The van der Waals surface area contributed by atoms with Gasteiger partial charge in [0.15, 0.2) is 11.5 Å². The Hall–Kier alpha value is -2.39. The van der Waals surface area contributed by atoms with Gasteiger partial charge in [0.1, 0.15) is 0 Å². The molecule has 0 spiro atoms. The zero-order valence-electron chi connectivity index (χ0n) is 14.2. The van der Waals surface area contributed by atoms with Crippen molar-refractivity contribution in [3.8, 4) is 0 Å². The SMILES string of the molecule is CNC(=O)C1CCN(c2nn3c(C(F)(F)F)nnc3c(C)c2C)CC1. The van der Waals surface area contributed by atoms with Crippen molar-refractivity contribution in [2.45, 2.75) is 32.9 Å². The number of alkyl halides is 3. The first-order chi connectivity index (χ1) is 11.7. The first-order valence-corrected chi connectivity index (χ1v) is 8.00. The average Bonchev–Trinajstić information content (AvgIpc) is 3.02. The molecule has 10 heteroatoms. The van der Waals surface area contributed by atoms with Crippen LogP contribution in [0.3, 0.4) is 0 Å². The highest BCUT2D eigenvalue weighted by atomic mass is 19.4. The number of carbonyl (C=O) groups is 1. The molecule has 3 rings (SSSR count). The summed E-state index contributed by atoms with van der Waals surface area (Å²) in [5, 5.41) is 13.7. The van der Waals surface area contributed by atoms with Gasteiger partial charge in [-0.25, -0.2) is 0 Å². The summed E-state index contributed by atoms with van der Waals surface area (Å²) in [4.78, 5) is 13.7. The predicted molar refractivity (Wildman–Crippen MR) is 84.3 cm³/mol. The molecule has 1 amide bonds. The highest BCUT2D eigenvalue weighted by Gasteiger charge is 2.38. The van der Waals surface area contributed by atoms with E-state index in [1.165, 1.54) is 0 Å². The molecule has 0 aromatic carbocycles. The van der Waals surface area contributed by atoms with Gasteiger partial charge in [0, 0.05) is 37.2 Å². The van der Waals surface area contributed by atoms with Gasteiger partial charge >= 0.3 is 6.18 Å². The van der Waals surface area contributed by atoms with Gasteiger partial charge in [0.2, 0.25) is 5.91 Å². The van der Waals surface area contributed by atoms with Gasteiger partial charge in [-0.1, -0.05) is 0 Å². The number of anilines is 1. The third-order valence-electron chi connectivity index (χ3n) is 4.73. The number of aromatic nitrogens is 4. The van der Waals surface area contributed by atoms with Crippen LogP contribution in [0.5, 0.6) is 0 Å². The number of hydrogen-bond acceptors (Lipinski definition) is 5. The van der Waals surface area contributed by atoms with E-state index >= 15 is 0 Å². The van der Waals surface area contributed by atoms with Gasteiger partial charge in [-0.15, -0.1) is 15.3 Å². The summed E-state index contributed by atoms with van der Waals surface area (Å²) in [6.07, 6.45) is -3.37. The summed E-state index contributed by atoms with van der Waals surface area (Å²) in [5.74, 6) is -0.737. The first kappa shape index (κ1) is 17.4. The molecule has 1 aliphatic rings. The van der Waals surface area contributed by atoms with E-state index in [2.05, 4.69) is 20.6 Å². The molecule has 0 unspecified atom stereocenters. The molecule has 1 aliphatic heterocycles. The number of hydrogen-bond donors (Lipinski definition) is 1. The van der Waals surface area contributed by atoms with Gasteiger partial charge in [-0.3, -0.25) is 4.79 Å². The van der Waals surface area contributed by atoms with E-state index in [0.29, 0.717) is 37.3 Å². The second kappa shape index (κ2) is 6.16. The van der Waals surface area contributed by atoms with E-state index in [1.807, 2.05) is 11.8 Å². The summed E-state index contributed by atoms with van der Waals surface area (Å²) in [6, 6.07) is 0. The first-order valence-electron chi connectivity index (χ1n) is 8.00. The van der Waals surface area contributed by atoms with Crippen LogP contribution in [0.2, 0.25) is 0 Å². The number of nitrogens with one attached hydrogen (secondary N) is 1. The number of carbonyl (C=O) groups excluding carboxylic acids is 1. The Morgan fingerprint density at radius 3 is 2.36 bits per heavy atom. The van der Waals surface area contributed by atoms with Crippen LogP contribution in [0.25, 0.3) is 5.65 Å². The lowest BCUT2D eigenvalue weighted by atomic mass is 9.95. The van der Waals surface area contributed by atoms with E-state index in [-0.39, 0.29) is 17.5 Å². The maximum atomic E-state index is 13.1. The van der Waals surface area contributed by atoms with Crippen molar-refractivity contribution in [1.82, 2.24) is 25.1 Å². The zero-order chi connectivity index (χ0) is 18.4. The lowest BCUT2D eigenvalue weighted by molar-refractivity contribution is -0.146. The molecule has 1 fully saturated rings. The van der Waals surface area contributed by atoms with Crippen molar-refractivity contribution in [1.29, 1.82) is 0 Å². The average molecular weight is 356 g/mol. The van der Waals surface area contributed by atoms with Gasteiger partial charge in [-0.05, 0) is 26.7 Å². The van der Waals surface area contributed by atoms with Crippen LogP contribution in [-0.4, -0.2) is 45.9 Å². The summed E-state index contributed by atoms with van der Waals surface area (Å²) in [5.41, 5.74) is 1.49. The standard InChI is InChI=1S/C15H19F3N6O/c1-8-9(2)12(23-6-4-10(5-7-23)13(25)19-3)22-24-11(8)20-21-14(24)15(16,17)18/h10H,4-7H2,1-3H3,(H,19,25). The molecule has 0 radical (unpaired) electrons. The van der Waals surface area contributed by atoms with Crippen LogP contribution in [0.15, 0.2) is 0 Å². The van der Waals surface area contributed by atoms with Crippen LogP contribution < -0.4 is 10.2 Å². The highest BCUT2D eigenvalue weighted by Crippen LogP contribution is 2.31. The molecule has 3 heterocycles. The summed E-state index contributed by atoms with van der Waals surface area (Å²) < 4.78 is 40.1. The third-order valence-corrected chi connectivity index (χ3v) is 4.73. The normalized spacial score (nSPS) is 16.5. The molecule has 0 atom stereocenters. The minimum absolute atomic E-state index is 0.00543. The monoisotopic (exact) mass is 356 g/mol. The molecule has 0 bridgehead atoms. The molecular formula is C15H19F3N6O. The molecule has 0 saturated carbocycles. The van der Waals surface area contributed by atoms with Crippen LogP contribution in [-0.2, 0) is 11.0 Å². The summed E-state index contributed by atoms with van der Waals surface area (Å²) in [7, 11) is 1.60. The molecule has 2 aromatic rings. The lowest BCUT2D eigenvalue weighted by Crippen LogP contribution is -2.40. The van der Waals surface area contributed by atoms with Gasteiger partial charge < -0.3 is 10.2 Å². The van der Waals surface area contributed by atoms with Gasteiger partial charge in [0.05, 0.1) is 0 Å². The van der Waals surface area contributed by atoms with Crippen molar-refractivity contribution in [3.05, 3.63) is 17.0 Å². The Bertz CT molecular complexity index is 808. The highest BCUT2D eigenvalue weighted by molar-refractivity contribution is 5.78. The largest absolute Gasteiger partial charge is 0.453 e. The van der Waals surface area contributed by atoms with Crippen LogP contribution in [0.4, 0.5) is 19.0 Å². The number of halogens is 3. The van der Waals surface area contributed by atoms with Crippen molar-refractivity contribution in [2.24, 2.45) is 5.92 Å². The molecular weight excluding hydrogens is 337 g/mol. The van der Waals surface area contributed by atoms with E-state index in [9.17, 15) is 18.0 Å². The number of piperidine rings is 1. The Morgan fingerprint density at radius 2 is 1.80 bits per heavy atom. The second-order valence-corrected chi connectivity index (χ2v) is 6.21. The fourth-order valence-electron chi connectivity index (χ4n) is 3.15. The van der Waals surface area contributed by atoms with Crippen molar-refractivity contribution >= 4 is 17.4 Å². The van der Waals surface area contributed by atoms with E-state index in [1.54, 1.807) is 14.0 Å². The maximum absolute atomic E-state index is 13.1. The second-order valence-electron chi connectivity index (χ2n) is 6.21. The molecule has 0 aliphatic carbocycles. The summed E-state index contributed by atoms with van der Waals surface area (Å²) in [6.45, 7) is 4.63. The third kappa shape index (κ3) is 3.00. The topological polar surface area (TPSA) is 75.4 Å². The number of amides is 1. The quantitative estimate of drug-likeness (QED) is 0.887. The molecule has 1 N–H and O–H groups in total. The Balaban J connectivity index is 1.97. The number of nitrogens with zero attached hydrogens (tertiary/aromatic N) is 5. The van der Waals surface area contributed by atoms with Crippen LogP contribution in [0, 0.1) is 19.8 Å². The van der Waals surface area contributed by atoms with Crippen molar-refractivity contribution in [3.63, 3.8) is 0 Å². The molecule has 1 saturated heterocycles. The lowest BCUT2D eigenvalue weighted by Gasteiger charge is -2.33. The fourth-order valence-corrected chi connectivity index (χ4v) is 3.15. The molecule has 7 nitrogen and oxygen atoms in total. The Labute approximate surface area is 142 Å². The zero-order valence-corrected chi connectivity index (χ0v) is 14.2.